The summed E-state index contributed by atoms with van der Waals surface area (Å²) >= 11 is 0. The molecule has 0 fully saturated rings. The number of nitrogens with one attached hydrogen (secondary N) is 1. The number of nitrogens with zero attached hydrogens (tertiary/aromatic N) is 1. The molecule has 1 amide bonds. The van der Waals surface area contributed by atoms with E-state index in [4.69, 9.17) is 14.2 Å². The first-order valence-corrected chi connectivity index (χ1v) is 7.78. The van der Waals surface area contributed by atoms with Gasteiger partial charge in [0, 0.05) is 0 Å². The van der Waals surface area contributed by atoms with Gasteiger partial charge in [-0.2, -0.15) is 5.10 Å². The zero-order valence-corrected chi connectivity index (χ0v) is 14.8. The van der Waals surface area contributed by atoms with E-state index < -0.39 is 0 Å². The fourth-order valence-corrected chi connectivity index (χ4v) is 2.31. The SMILES string of the molecule is COc1ccc(/C=N/NC(=O)COc2c(C)cccc2C)cc1OC. The molecule has 132 valence electrons. The number of carbonyl (C=O) groups is 1. The van der Waals surface area contributed by atoms with Gasteiger partial charge >= 0.3 is 0 Å². The lowest BCUT2D eigenvalue weighted by Gasteiger charge is -2.10. The Morgan fingerprint density at radius 2 is 1.76 bits per heavy atom. The van der Waals surface area contributed by atoms with Gasteiger partial charge < -0.3 is 14.2 Å². The van der Waals surface area contributed by atoms with E-state index in [0.717, 1.165) is 22.4 Å². The third-order valence-electron chi connectivity index (χ3n) is 3.57. The molecule has 1 N–H and O–H groups in total. The van der Waals surface area contributed by atoms with Gasteiger partial charge in [-0.3, -0.25) is 4.79 Å². The number of amides is 1. The molecule has 2 aromatic carbocycles. The molecule has 6 heteroatoms. The molecular formula is C19H22N2O4. The molecule has 0 radical (unpaired) electrons. The van der Waals surface area contributed by atoms with E-state index in [1.54, 1.807) is 26.4 Å². The number of methoxy groups -OCH3 is 2. The quantitative estimate of drug-likeness (QED) is 0.620. The van der Waals surface area contributed by atoms with E-state index in [9.17, 15) is 4.79 Å². The van der Waals surface area contributed by atoms with Crippen molar-refractivity contribution in [1.82, 2.24) is 5.43 Å². The van der Waals surface area contributed by atoms with Crippen LogP contribution < -0.4 is 19.6 Å². The third kappa shape index (κ3) is 4.97. The second-order valence-electron chi connectivity index (χ2n) is 5.42. The summed E-state index contributed by atoms with van der Waals surface area (Å²) in [5.74, 6) is 1.61. The molecule has 0 spiro atoms. The zero-order valence-electron chi connectivity index (χ0n) is 14.8. The average Bonchev–Trinajstić information content (AvgIpc) is 2.61. The number of ether oxygens (including phenoxy) is 3. The smallest absolute Gasteiger partial charge is 0.277 e. The van der Waals surface area contributed by atoms with Crippen LogP contribution in [0.1, 0.15) is 16.7 Å². The highest BCUT2D eigenvalue weighted by Gasteiger charge is 2.07. The van der Waals surface area contributed by atoms with E-state index in [1.807, 2.05) is 38.1 Å². The Labute approximate surface area is 147 Å². The van der Waals surface area contributed by atoms with Gasteiger partial charge in [-0.1, -0.05) is 18.2 Å². The Bertz CT molecular complexity index is 752. The molecule has 0 saturated carbocycles. The third-order valence-corrected chi connectivity index (χ3v) is 3.57. The first-order chi connectivity index (χ1) is 12.0. The van der Waals surface area contributed by atoms with Gasteiger partial charge in [0.25, 0.3) is 5.91 Å². The highest BCUT2D eigenvalue weighted by Crippen LogP contribution is 2.26. The van der Waals surface area contributed by atoms with Gasteiger partial charge in [-0.25, -0.2) is 5.43 Å². The minimum Gasteiger partial charge on any atom is -0.493 e. The predicted octanol–water partition coefficient (Wildman–Crippen LogP) is 2.85. The topological polar surface area (TPSA) is 69.2 Å². The van der Waals surface area contributed by atoms with E-state index in [-0.39, 0.29) is 12.5 Å². The number of aryl methyl sites for hydroxylation is 2. The lowest BCUT2D eigenvalue weighted by molar-refractivity contribution is -0.123. The molecule has 2 rings (SSSR count). The first-order valence-electron chi connectivity index (χ1n) is 7.78. The molecule has 0 aliphatic rings. The molecule has 0 aliphatic heterocycles. The maximum absolute atomic E-state index is 11.9. The minimum absolute atomic E-state index is 0.102. The Morgan fingerprint density at radius 3 is 2.40 bits per heavy atom. The monoisotopic (exact) mass is 342 g/mol. The number of carbonyl (C=O) groups excluding carboxylic acids is 1. The van der Waals surface area contributed by atoms with Crippen LogP contribution in [0.5, 0.6) is 17.2 Å². The van der Waals surface area contributed by atoms with Crippen molar-refractivity contribution >= 4 is 12.1 Å². The van der Waals surface area contributed by atoms with Gasteiger partial charge in [-0.15, -0.1) is 0 Å². The molecule has 0 unspecified atom stereocenters. The standard InChI is InChI=1S/C19H22N2O4/c1-13-6-5-7-14(2)19(13)25-12-18(22)21-20-11-15-8-9-16(23-3)17(10-15)24-4/h5-11H,12H2,1-4H3,(H,21,22)/b20-11+. The van der Waals surface area contributed by atoms with Crippen LogP contribution in [0.15, 0.2) is 41.5 Å². The zero-order chi connectivity index (χ0) is 18.2. The molecule has 0 saturated heterocycles. The number of hydrogen-bond donors (Lipinski definition) is 1. The van der Waals surface area contributed by atoms with Crippen molar-refractivity contribution in [2.24, 2.45) is 5.10 Å². The van der Waals surface area contributed by atoms with Crippen molar-refractivity contribution in [1.29, 1.82) is 0 Å². The summed E-state index contributed by atoms with van der Waals surface area (Å²) in [4.78, 5) is 11.9. The molecular weight excluding hydrogens is 320 g/mol. The fourth-order valence-electron chi connectivity index (χ4n) is 2.31. The van der Waals surface area contributed by atoms with Gasteiger partial charge in [0.2, 0.25) is 0 Å². The largest absolute Gasteiger partial charge is 0.493 e. The second kappa shape index (κ2) is 8.73. The van der Waals surface area contributed by atoms with Crippen molar-refractivity contribution in [3.05, 3.63) is 53.1 Å². The normalized spacial score (nSPS) is 10.6. The summed E-state index contributed by atoms with van der Waals surface area (Å²) < 4.78 is 16.0. The van der Waals surface area contributed by atoms with Crippen molar-refractivity contribution in [2.45, 2.75) is 13.8 Å². The Hall–Kier alpha value is -3.02. The highest BCUT2D eigenvalue weighted by atomic mass is 16.5. The lowest BCUT2D eigenvalue weighted by atomic mass is 10.1. The maximum Gasteiger partial charge on any atom is 0.277 e. The van der Waals surface area contributed by atoms with Gasteiger partial charge in [0.15, 0.2) is 18.1 Å². The van der Waals surface area contributed by atoms with E-state index in [0.29, 0.717) is 11.5 Å². The molecule has 6 nitrogen and oxygen atoms in total. The molecule has 0 aromatic heterocycles. The van der Waals surface area contributed by atoms with Crippen molar-refractivity contribution < 1.29 is 19.0 Å². The van der Waals surface area contributed by atoms with Gasteiger partial charge in [0.1, 0.15) is 5.75 Å². The van der Waals surface area contributed by atoms with E-state index in [2.05, 4.69) is 10.5 Å². The van der Waals surface area contributed by atoms with Crippen LogP contribution in [0.4, 0.5) is 0 Å². The summed E-state index contributed by atoms with van der Waals surface area (Å²) in [6.07, 6.45) is 1.53. The number of hydrazone groups is 1. The number of rotatable bonds is 7. The van der Waals surface area contributed by atoms with Crippen molar-refractivity contribution in [3.8, 4) is 17.2 Å². The van der Waals surface area contributed by atoms with Crippen LogP contribution in [-0.2, 0) is 4.79 Å². The van der Waals surface area contributed by atoms with Crippen molar-refractivity contribution in [3.63, 3.8) is 0 Å². The summed E-state index contributed by atoms with van der Waals surface area (Å²) in [7, 11) is 3.13. The van der Waals surface area contributed by atoms with Gasteiger partial charge in [0.05, 0.1) is 20.4 Å². The van der Waals surface area contributed by atoms with Crippen LogP contribution in [0.3, 0.4) is 0 Å². The maximum atomic E-state index is 11.9. The predicted molar refractivity (Wildman–Crippen MR) is 96.7 cm³/mol. The Morgan fingerprint density at radius 1 is 1.08 bits per heavy atom. The molecule has 2 aromatic rings. The molecule has 0 bridgehead atoms. The van der Waals surface area contributed by atoms with E-state index >= 15 is 0 Å². The highest BCUT2D eigenvalue weighted by molar-refractivity contribution is 5.83. The fraction of sp³-hybridized carbons (Fsp3) is 0.263. The lowest BCUT2D eigenvalue weighted by Crippen LogP contribution is -2.25. The molecule has 0 heterocycles. The molecule has 0 atom stereocenters. The van der Waals surface area contributed by atoms with E-state index in [1.165, 1.54) is 6.21 Å². The Balaban J connectivity index is 1.90. The molecule has 0 aliphatic carbocycles. The number of para-hydroxylation sites is 1. The molecule has 25 heavy (non-hydrogen) atoms. The minimum atomic E-state index is -0.334. The average molecular weight is 342 g/mol. The van der Waals surface area contributed by atoms with Gasteiger partial charge in [-0.05, 0) is 48.7 Å². The Kier molecular flexibility index (Phi) is 6.39. The van der Waals surface area contributed by atoms with Crippen LogP contribution in [0.2, 0.25) is 0 Å². The summed E-state index contributed by atoms with van der Waals surface area (Å²) in [6.45, 7) is 3.78. The van der Waals surface area contributed by atoms with Crippen LogP contribution in [-0.4, -0.2) is 32.9 Å². The second-order valence-corrected chi connectivity index (χ2v) is 5.42. The van der Waals surface area contributed by atoms with Crippen LogP contribution in [0.25, 0.3) is 0 Å². The first kappa shape index (κ1) is 18.3. The summed E-state index contributed by atoms with van der Waals surface area (Å²) in [6, 6.07) is 11.2. The van der Waals surface area contributed by atoms with Crippen molar-refractivity contribution in [2.75, 3.05) is 20.8 Å². The summed E-state index contributed by atoms with van der Waals surface area (Å²) in [5, 5.41) is 3.93. The number of benzene rings is 2. The summed E-state index contributed by atoms with van der Waals surface area (Å²) in [5.41, 5.74) is 5.19. The van der Waals surface area contributed by atoms with Crippen LogP contribution in [0, 0.1) is 13.8 Å². The van der Waals surface area contributed by atoms with Crippen LogP contribution >= 0.6 is 0 Å². The number of hydrogen-bond acceptors (Lipinski definition) is 5.